The Balaban J connectivity index is 0.000000425. The maximum Gasteiger partial charge on any atom is 1.00 e. The van der Waals surface area contributed by atoms with Crippen molar-refractivity contribution >= 4 is 7.81 Å². The molecule has 0 nitrogen and oxygen atoms in total. The molecule has 0 aromatic heterocycles. The largest absolute Gasteiger partial charge is 1.00 e. The molecule has 0 N–H and O–H groups in total. The predicted molar refractivity (Wildman–Crippen MR) is 98.1 cm³/mol. The van der Waals surface area contributed by atoms with Gasteiger partial charge in [0, 0.05) is 12.3 Å². The zero-order valence-electron chi connectivity index (χ0n) is 15.0. The molecule has 0 aliphatic rings. The van der Waals surface area contributed by atoms with Crippen molar-refractivity contribution in [2.75, 3.05) is 0 Å². The molecule has 145 valence electrons. The Bertz CT molecular complexity index is 787. The van der Waals surface area contributed by atoms with E-state index in [0.717, 1.165) is 0 Å². The molecule has 0 atom stereocenters. The second-order valence-corrected chi connectivity index (χ2v) is 7.75. The van der Waals surface area contributed by atoms with Gasteiger partial charge in [0.25, 0.3) is 0 Å². The fourth-order valence-corrected chi connectivity index (χ4v) is 2.46. The molecule has 0 bridgehead atoms. The molecule has 0 unspecified atom stereocenters. The average Bonchev–Trinajstić information content (AvgIpc) is 2.59. The first-order chi connectivity index (χ1) is 12.4. The van der Waals surface area contributed by atoms with E-state index in [9.17, 15) is 25.2 Å². The van der Waals surface area contributed by atoms with Gasteiger partial charge in [-0.05, 0) is 16.7 Å². The van der Waals surface area contributed by atoms with Gasteiger partial charge in [0.15, 0.2) is 0 Å². The second kappa shape index (κ2) is 9.00. The van der Waals surface area contributed by atoms with Gasteiger partial charge in [0.1, 0.15) is 0 Å². The summed E-state index contributed by atoms with van der Waals surface area (Å²) in [6.45, 7) is 0. The summed E-state index contributed by atoms with van der Waals surface area (Å²) in [5.74, 6) is 0.291. The van der Waals surface area contributed by atoms with E-state index in [0.29, 0.717) is 5.92 Å². The van der Waals surface area contributed by atoms with E-state index in [1.54, 1.807) is 0 Å². The minimum Gasteiger partial charge on any atom is -0.0622 e. The maximum absolute atomic E-state index is 10.7. The number of hydrogen-bond acceptors (Lipinski definition) is 0. The molecule has 3 aromatic rings. The standard InChI is InChI=1S/C20H17.F6P.Na/c1-4-10-17(11-5-1)16-20(18-12-6-2-7-13-18)19-14-8-3-9-15-19;1-7(2,3,4,5)6;/h1-16,20H;;/q;-1;+1. The normalized spacial score (nSPS) is 13.4. The third-order valence-electron chi connectivity index (χ3n) is 3.48. The molecule has 0 heterocycles. The maximum atomic E-state index is 9.87. The van der Waals surface area contributed by atoms with Crippen molar-refractivity contribution in [3.8, 4) is 0 Å². The second-order valence-electron chi connectivity index (χ2n) is 5.83. The first-order valence-corrected chi connectivity index (χ1v) is 9.97. The smallest absolute Gasteiger partial charge is 0.0622 e. The number of halogens is 6. The summed E-state index contributed by atoms with van der Waals surface area (Å²) in [5, 5.41) is 0. The van der Waals surface area contributed by atoms with E-state index < -0.39 is 7.81 Å². The first-order valence-electron chi connectivity index (χ1n) is 7.95. The van der Waals surface area contributed by atoms with E-state index in [4.69, 9.17) is 0 Å². The van der Waals surface area contributed by atoms with Crippen molar-refractivity contribution in [2.24, 2.45) is 0 Å². The van der Waals surface area contributed by atoms with Crippen LogP contribution < -0.4 is 29.6 Å². The average molecular weight is 425 g/mol. The fraction of sp³-hybridized carbons (Fsp3) is 0.0500. The van der Waals surface area contributed by atoms with Gasteiger partial charge in [-0.15, -0.1) is 0 Å². The van der Waals surface area contributed by atoms with Crippen LogP contribution in [0, 0.1) is 6.42 Å². The topological polar surface area (TPSA) is 0 Å². The molecule has 3 rings (SSSR count). The molecule has 0 amide bonds. The van der Waals surface area contributed by atoms with E-state index in [1.807, 2.05) is 0 Å². The summed E-state index contributed by atoms with van der Waals surface area (Å²) < 4.78 is 59.2. The molecular formula is C20H17F6NaP. The minimum absolute atomic E-state index is 0. The molecule has 0 fully saturated rings. The zero-order valence-corrected chi connectivity index (χ0v) is 17.9. The molecule has 28 heavy (non-hydrogen) atoms. The summed E-state index contributed by atoms with van der Waals surface area (Å²) in [5.41, 5.74) is 3.90. The van der Waals surface area contributed by atoms with Crippen molar-refractivity contribution in [3.63, 3.8) is 0 Å². The summed E-state index contributed by atoms with van der Waals surface area (Å²) >= 11 is 0. The molecular weight excluding hydrogens is 408 g/mol. The third kappa shape index (κ3) is 11.5. The van der Waals surface area contributed by atoms with Crippen molar-refractivity contribution < 1.29 is 54.7 Å². The van der Waals surface area contributed by atoms with E-state index in [2.05, 4.69) is 97.4 Å². The van der Waals surface area contributed by atoms with Gasteiger partial charge in [0.2, 0.25) is 0 Å². The SMILES string of the molecule is F[P-](F)(F)(F)(F)F.[CH](c1ccccc1)C(c1ccccc1)c1ccccc1.[Na+]. The number of benzene rings is 3. The molecule has 0 saturated carbocycles. The summed E-state index contributed by atoms with van der Waals surface area (Å²) in [4.78, 5) is 0. The molecule has 3 aromatic carbocycles. The summed E-state index contributed by atoms with van der Waals surface area (Å²) in [6.07, 6.45) is 2.32. The van der Waals surface area contributed by atoms with Crippen molar-refractivity contribution in [3.05, 3.63) is 114 Å². The summed E-state index contributed by atoms with van der Waals surface area (Å²) in [6, 6.07) is 31.8. The van der Waals surface area contributed by atoms with Crippen molar-refractivity contribution in [1.82, 2.24) is 0 Å². The Labute approximate surface area is 182 Å². The predicted octanol–water partition coefficient (Wildman–Crippen LogP) is 5.46. The van der Waals surface area contributed by atoms with Crippen LogP contribution in [0.25, 0.3) is 0 Å². The van der Waals surface area contributed by atoms with Gasteiger partial charge in [-0.2, -0.15) is 0 Å². The molecule has 0 aliphatic carbocycles. The van der Waals surface area contributed by atoms with Crippen molar-refractivity contribution in [2.45, 2.75) is 5.92 Å². The first kappa shape index (κ1) is 24.7. The Morgan fingerprint density at radius 2 is 0.821 bits per heavy atom. The van der Waals surface area contributed by atoms with Crippen LogP contribution in [0.3, 0.4) is 0 Å². The van der Waals surface area contributed by atoms with Gasteiger partial charge in [0.05, 0.1) is 0 Å². The van der Waals surface area contributed by atoms with Crippen LogP contribution in [-0.2, 0) is 0 Å². The number of hydrogen-bond donors (Lipinski definition) is 0. The third-order valence-corrected chi connectivity index (χ3v) is 3.48. The van der Waals surface area contributed by atoms with Crippen LogP contribution in [-0.4, -0.2) is 0 Å². The van der Waals surface area contributed by atoms with Crippen LogP contribution in [0.1, 0.15) is 22.6 Å². The van der Waals surface area contributed by atoms with Gasteiger partial charge >= 0.3 is 62.5 Å². The Morgan fingerprint density at radius 3 is 1.14 bits per heavy atom. The van der Waals surface area contributed by atoms with Gasteiger partial charge in [-0.1, -0.05) is 91.0 Å². The van der Waals surface area contributed by atoms with E-state index >= 15 is 0 Å². The van der Waals surface area contributed by atoms with Gasteiger partial charge in [-0.3, -0.25) is 0 Å². The quantitative estimate of drug-likeness (QED) is 0.296. The van der Waals surface area contributed by atoms with Gasteiger partial charge < -0.3 is 0 Å². The van der Waals surface area contributed by atoms with Crippen LogP contribution in [0.5, 0.6) is 0 Å². The Morgan fingerprint density at radius 1 is 0.536 bits per heavy atom. The fourth-order valence-electron chi connectivity index (χ4n) is 2.46. The van der Waals surface area contributed by atoms with E-state index in [-0.39, 0.29) is 29.6 Å². The minimum atomic E-state index is -10.7. The molecule has 0 spiro atoms. The molecule has 8 heteroatoms. The van der Waals surface area contributed by atoms with Crippen LogP contribution in [0.4, 0.5) is 25.2 Å². The molecule has 0 aliphatic heterocycles. The monoisotopic (exact) mass is 425 g/mol. The van der Waals surface area contributed by atoms with Crippen LogP contribution in [0.2, 0.25) is 0 Å². The Hall–Kier alpha value is -1.33. The Kier molecular flexibility index (Phi) is 7.94. The number of rotatable bonds is 4. The molecule has 0 saturated heterocycles. The van der Waals surface area contributed by atoms with Crippen LogP contribution in [0.15, 0.2) is 91.0 Å². The van der Waals surface area contributed by atoms with Crippen LogP contribution >= 0.6 is 7.81 Å². The molecule has 1 radical (unpaired) electrons. The zero-order chi connectivity index (χ0) is 20.0. The van der Waals surface area contributed by atoms with Gasteiger partial charge in [-0.25, -0.2) is 0 Å². The van der Waals surface area contributed by atoms with Crippen molar-refractivity contribution in [1.29, 1.82) is 0 Å². The van der Waals surface area contributed by atoms with E-state index in [1.165, 1.54) is 16.7 Å². The summed E-state index contributed by atoms with van der Waals surface area (Å²) in [7, 11) is -10.7.